The van der Waals surface area contributed by atoms with Gasteiger partial charge < -0.3 is 29.8 Å². The van der Waals surface area contributed by atoms with Gasteiger partial charge in [-0.2, -0.15) is 0 Å². The Bertz CT molecular complexity index is 567. The second-order valence-corrected chi connectivity index (χ2v) is 9.06. The molecule has 0 aliphatic carbocycles. The first kappa shape index (κ1) is 37.1. The van der Waals surface area contributed by atoms with Gasteiger partial charge in [0.25, 0.3) is 6.02 Å². The summed E-state index contributed by atoms with van der Waals surface area (Å²) in [6.45, 7) is 17.9. The molecule has 9 nitrogen and oxygen atoms in total. The predicted octanol–water partition coefficient (Wildman–Crippen LogP) is 3.91. The fourth-order valence-electron chi connectivity index (χ4n) is 3.17. The Morgan fingerprint density at radius 3 is 2.21 bits per heavy atom. The minimum Gasteiger partial charge on any atom is -0.463 e. The topological polar surface area (TPSA) is 116 Å². The van der Waals surface area contributed by atoms with Gasteiger partial charge in [-0.3, -0.25) is 4.90 Å². The van der Waals surface area contributed by atoms with Crippen molar-refractivity contribution in [2.45, 2.75) is 118 Å². The molecule has 0 aromatic heterocycles. The number of nitrogens with zero attached hydrogens (tertiary/aromatic N) is 2. The second-order valence-electron chi connectivity index (χ2n) is 9.06. The van der Waals surface area contributed by atoms with Crippen LogP contribution in [0.5, 0.6) is 0 Å². The standard InChI is InChI=1S/C13H25NO4.C7H14N2O2.C2H6.CH4.Y/c1-9(15)7-10-8-17-13(5,6)14(10)11(16)18-12(2,3)4;1-5(10-2)3-6-4-11-7(8)9-6;1-2;;/h9-10,15H,7-8H2,1-6H3;5-6H,3-4H2,1-2H3,(H2,8,9);1-2H3;1H4;/t9-,10+;5-,6-;;;/m10.../s1. The molecule has 0 unspecified atom stereocenters. The molecule has 1 saturated heterocycles. The van der Waals surface area contributed by atoms with E-state index < -0.39 is 23.5 Å². The quantitative estimate of drug-likeness (QED) is 0.531. The molecule has 0 spiro atoms. The zero-order valence-corrected chi connectivity index (χ0v) is 24.5. The van der Waals surface area contributed by atoms with Gasteiger partial charge in [0.15, 0.2) is 0 Å². The number of amides is 1. The molecule has 2 rings (SSSR count). The van der Waals surface area contributed by atoms with Gasteiger partial charge in [0.1, 0.15) is 17.9 Å². The van der Waals surface area contributed by atoms with E-state index in [0.29, 0.717) is 25.7 Å². The molecule has 3 N–H and O–H groups in total. The van der Waals surface area contributed by atoms with Crippen LogP contribution in [-0.4, -0.2) is 78.1 Å². The summed E-state index contributed by atoms with van der Waals surface area (Å²) in [5.74, 6) is 0. The number of methoxy groups -OCH3 is 1. The van der Waals surface area contributed by atoms with Crippen molar-refractivity contribution < 1.29 is 61.6 Å². The Balaban J connectivity index is -0.000000520. The van der Waals surface area contributed by atoms with Crippen LogP contribution >= 0.6 is 0 Å². The van der Waals surface area contributed by atoms with Crippen LogP contribution in [0.1, 0.15) is 82.6 Å². The Kier molecular flexibility index (Phi) is 19.1. The minimum absolute atomic E-state index is 0. The van der Waals surface area contributed by atoms with Gasteiger partial charge in [0.05, 0.1) is 30.9 Å². The molecule has 1 radical (unpaired) electrons. The number of hydrogen-bond donors (Lipinski definition) is 2. The van der Waals surface area contributed by atoms with Crippen LogP contribution in [0, 0.1) is 0 Å². The SMILES string of the molecule is C.CC.CO[C@@H](C)C[C@H]1COC(N)=N1.C[C@@H](O)C[C@H]1COC(C)(C)N1C(=O)OC(C)(C)C.[Y]. The van der Waals surface area contributed by atoms with E-state index in [2.05, 4.69) is 4.99 Å². The number of aliphatic imine (C=N–C) groups is 1. The molecular formula is C23H49N3O6Y. The van der Waals surface area contributed by atoms with Gasteiger partial charge >= 0.3 is 6.09 Å². The van der Waals surface area contributed by atoms with Crippen LogP contribution < -0.4 is 5.73 Å². The van der Waals surface area contributed by atoms with Gasteiger partial charge in [0.2, 0.25) is 0 Å². The molecule has 1 amide bonds. The van der Waals surface area contributed by atoms with Crippen molar-refractivity contribution in [1.82, 2.24) is 4.90 Å². The number of aliphatic hydroxyl groups excluding tert-OH is 1. The summed E-state index contributed by atoms with van der Waals surface area (Å²) >= 11 is 0. The second kappa shape index (κ2) is 17.0. The molecule has 0 bridgehead atoms. The third-order valence-electron chi connectivity index (χ3n) is 4.52. The van der Waals surface area contributed by atoms with Crippen molar-refractivity contribution in [3.63, 3.8) is 0 Å². The maximum atomic E-state index is 12.2. The van der Waals surface area contributed by atoms with Crippen LogP contribution in [0.4, 0.5) is 4.79 Å². The van der Waals surface area contributed by atoms with Crippen LogP contribution in [0.25, 0.3) is 0 Å². The summed E-state index contributed by atoms with van der Waals surface area (Å²) in [5.41, 5.74) is 4.10. The first-order valence-electron chi connectivity index (χ1n) is 11.1. The summed E-state index contributed by atoms with van der Waals surface area (Å²) in [7, 11) is 1.69. The smallest absolute Gasteiger partial charge is 0.412 e. The number of ether oxygens (including phenoxy) is 4. The fourth-order valence-corrected chi connectivity index (χ4v) is 3.17. The average Bonchev–Trinajstić information content (AvgIpc) is 3.17. The molecule has 2 aliphatic heterocycles. The molecule has 1 fully saturated rings. The first-order valence-corrected chi connectivity index (χ1v) is 11.1. The number of amidine groups is 1. The molecule has 4 atom stereocenters. The summed E-state index contributed by atoms with van der Waals surface area (Å²) < 4.78 is 21.1. The first-order chi connectivity index (χ1) is 14.2. The van der Waals surface area contributed by atoms with Gasteiger partial charge in [-0.1, -0.05) is 21.3 Å². The fraction of sp³-hybridized carbons (Fsp3) is 0.913. The number of rotatable bonds is 5. The number of carbonyl (C=O) groups excluding carboxylic acids is 1. The van der Waals surface area contributed by atoms with Crippen molar-refractivity contribution in [2.75, 3.05) is 20.3 Å². The van der Waals surface area contributed by atoms with Crippen molar-refractivity contribution in [3.05, 3.63) is 0 Å². The van der Waals surface area contributed by atoms with E-state index in [4.69, 9.17) is 24.7 Å². The normalized spacial score (nSPS) is 22.5. The maximum absolute atomic E-state index is 12.2. The maximum Gasteiger partial charge on any atom is 0.412 e. The van der Waals surface area contributed by atoms with Crippen LogP contribution in [-0.2, 0) is 51.7 Å². The molecule has 0 aromatic carbocycles. The van der Waals surface area contributed by atoms with E-state index in [1.807, 2.05) is 55.4 Å². The third-order valence-corrected chi connectivity index (χ3v) is 4.52. The Hall–Kier alpha value is -0.476. The average molecular weight is 553 g/mol. The van der Waals surface area contributed by atoms with E-state index >= 15 is 0 Å². The summed E-state index contributed by atoms with van der Waals surface area (Å²) in [5, 5.41) is 9.48. The van der Waals surface area contributed by atoms with Crippen molar-refractivity contribution in [3.8, 4) is 0 Å². The van der Waals surface area contributed by atoms with Gasteiger partial charge in [0, 0.05) is 39.8 Å². The monoisotopic (exact) mass is 552 g/mol. The molecule has 2 aliphatic rings. The van der Waals surface area contributed by atoms with E-state index in [9.17, 15) is 9.90 Å². The molecule has 33 heavy (non-hydrogen) atoms. The van der Waals surface area contributed by atoms with E-state index in [1.165, 1.54) is 0 Å². The number of aliphatic hydroxyl groups is 1. The van der Waals surface area contributed by atoms with E-state index in [1.54, 1.807) is 18.9 Å². The molecule has 2 heterocycles. The Morgan fingerprint density at radius 2 is 1.82 bits per heavy atom. The zero-order valence-electron chi connectivity index (χ0n) is 21.7. The number of nitrogens with two attached hydrogens (primary N) is 1. The largest absolute Gasteiger partial charge is 0.463 e. The Morgan fingerprint density at radius 1 is 1.27 bits per heavy atom. The predicted molar refractivity (Wildman–Crippen MR) is 129 cm³/mol. The third kappa shape index (κ3) is 14.5. The zero-order chi connectivity index (χ0) is 24.4. The van der Waals surface area contributed by atoms with E-state index in [0.717, 1.165) is 6.42 Å². The molecule has 195 valence electrons. The van der Waals surface area contributed by atoms with E-state index in [-0.39, 0.29) is 58.3 Å². The number of carbonyl (C=O) groups is 1. The van der Waals surface area contributed by atoms with Gasteiger partial charge in [-0.25, -0.2) is 9.79 Å². The molecule has 0 aromatic rings. The molecule has 10 heteroatoms. The summed E-state index contributed by atoms with van der Waals surface area (Å²) in [6.07, 6.45) is 0.714. The van der Waals surface area contributed by atoms with Crippen molar-refractivity contribution in [2.24, 2.45) is 10.7 Å². The van der Waals surface area contributed by atoms with Gasteiger partial charge in [-0.05, 0) is 61.3 Å². The molecule has 0 saturated carbocycles. The van der Waals surface area contributed by atoms with Crippen LogP contribution in [0.3, 0.4) is 0 Å². The van der Waals surface area contributed by atoms with Crippen LogP contribution in [0.2, 0.25) is 0 Å². The van der Waals surface area contributed by atoms with Gasteiger partial charge in [-0.15, -0.1) is 0 Å². The summed E-state index contributed by atoms with van der Waals surface area (Å²) in [6, 6.07) is 0.345. The number of hydrogen-bond acceptors (Lipinski definition) is 8. The molecular weight excluding hydrogens is 503 g/mol. The Labute approximate surface area is 227 Å². The van der Waals surface area contributed by atoms with Crippen LogP contribution in [0.15, 0.2) is 4.99 Å². The minimum atomic E-state index is -0.693. The van der Waals surface area contributed by atoms with Crippen molar-refractivity contribution >= 4 is 12.1 Å². The summed E-state index contributed by atoms with van der Waals surface area (Å²) in [4.78, 5) is 17.9. The van der Waals surface area contributed by atoms with Crippen molar-refractivity contribution in [1.29, 1.82) is 0 Å².